The van der Waals surface area contributed by atoms with E-state index in [1.54, 1.807) is 0 Å². The molecule has 1 rings (SSSR count). The second-order valence-corrected chi connectivity index (χ2v) is 2.87. The van der Waals surface area contributed by atoms with Gasteiger partial charge in [-0.15, -0.1) is 0 Å². The normalized spacial score (nSPS) is 9.62. The number of rotatable bonds is 4. The number of hydrogen-bond donors (Lipinski definition) is 2. The van der Waals surface area contributed by atoms with E-state index < -0.39 is 11.8 Å². The summed E-state index contributed by atoms with van der Waals surface area (Å²) >= 11 is 0. The number of phenols is 1. The predicted octanol–water partition coefficient (Wildman–Crippen LogP) is 0.677. The highest BCUT2D eigenvalue weighted by Crippen LogP contribution is 2.37. The standard InChI is InChI=1S/C10H10O6/c1-15-7-4-5(8(12)10(13)14)3-6(11)9(7)16-2/h3-4,11H,1-2H3,(H,13,14). The topological polar surface area (TPSA) is 93.1 Å². The van der Waals surface area contributed by atoms with E-state index in [1.807, 2.05) is 0 Å². The smallest absolute Gasteiger partial charge is 0.377 e. The zero-order chi connectivity index (χ0) is 12.3. The van der Waals surface area contributed by atoms with Crippen LogP contribution in [0.1, 0.15) is 10.4 Å². The summed E-state index contributed by atoms with van der Waals surface area (Å²) in [6.07, 6.45) is 0. The number of methoxy groups -OCH3 is 2. The number of Topliss-reactive ketones (excluding diaryl/α,β-unsaturated/α-hetero) is 1. The summed E-state index contributed by atoms with van der Waals surface area (Å²) in [6, 6.07) is 2.20. The Morgan fingerprint density at radius 1 is 1.19 bits per heavy atom. The minimum atomic E-state index is -1.60. The maximum absolute atomic E-state index is 11.2. The van der Waals surface area contributed by atoms with E-state index in [0.717, 1.165) is 6.07 Å². The first-order valence-corrected chi connectivity index (χ1v) is 4.23. The van der Waals surface area contributed by atoms with Gasteiger partial charge in [-0.05, 0) is 12.1 Å². The molecule has 0 radical (unpaired) electrons. The Labute approximate surface area is 91.0 Å². The number of carboxylic acids is 1. The molecular formula is C10H10O6. The maximum atomic E-state index is 11.2. The Balaban J connectivity index is 3.31. The van der Waals surface area contributed by atoms with Crippen LogP contribution in [0.2, 0.25) is 0 Å². The molecule has 1 aromatic carbocycles. The van der Waals surface area contributed by atoms with Gasteiger partial charge < -0.3 is 19.7 Å². The molecular weight excluding hydrogens is 216 g/mol. The van der Waals surface area contributed by atoms with Crippen molar-refractivity contribution in [3.63, 3.8) is 0 Å². The fourth-order valence-corrected chi connectivity index (χ4v) is 1.20. The van der Waals surface area contributed by atoms with Crippen LogP contribution in [0.3, 0.4) is 0 Å². The quantitative estimate of drug-likeness (QED) is 0.579. The van der Waals surface area contributed by atoms with Crippen LogP contribution in [0, 0.1) is 0 Å². The molecule has 0 aromatic heterocycles. The van der Waals surface area contributed by atoms with E-state index in [-0.39, 0.29) is 22.8 Å². The van der Waals surface area contributed by atoms with Crippen molar-refractivity contribution in [2.24, 2.45) is 0 Å². The van der Waals surface area contributed by atoms with Crippen molar-refractivity contribution in [1.29, 1.82) is 0 Å². The first-order valence-electron chi connectivity index (χ1n) is 4.23. The number of carbonyl (C=O) groups excluding carboxylic acids is 1. The minimum absolute atomic E-state index is 0.0458. The molecule has 0 fully saturated rings. The molecule has 0 aliphatic rings. The van der Waals surface area contributed by atoms with Gasteiger partial charge in [-0.2, -0.15) is 0 Å². The number of benzene rings is 1. The van der Waals surface area contributed by atoms with Crippen LogP contribution in [-0.4, -0.2) is 36.2 Å². The Morgan fingerprint density at radius 3 is 2.25 bits per heavy atom. The summed E-state index contributed by atoms with van der Waals surface area (Å²) in [7, 11) is 2.63. The number of aliphatic carboxylic acids is 1. The average molecular weight is 226 g/mol. The molecule has 0 aliphatic carbocycles. The first kappa shape index (κ1) is 11.8. The van der Waals surface area contributed by atoms with Crippen molar-refractivity contribution in [2.75, 3.05) is 14.2 Å². The lowest BCUT2D eigenvalue weighted by Gasteiger charge is -2.10. The van der Waals surface area contributed by atoms with Crippen molar-refractivity contribution in [3.05, 3.63) is 17.7 Å². The van der Waals surface area contributed by atoms with Gasteiger partial charge in [-0.1, -0.05) is 0 Å². The molecule has 0 amide bonds. The van der Waals surface area contributed by atoms with Crippen LogP contribution in [0.4, 0.5) is 0 Å². The van der Waals surface area contributed by atoms with Crippen LogP contribution in [0.5, 0.6) is 17.2 Å². The summed E-state index contributed by atoms with van der Waals surface area (Å²) in [5.41, 5.74) is -0.178. The molecule has 16 heavy (non-hydrogen) atoms. The molecule has 0 bridgehead atoms. The summed E-state index contributed by atoms with van der Waals surface area (Å²) in [4.78, 5) is 21.6. The molecule has 6 heteroatoms. The van der Waals surface area contributed by atoms with Gasteiger partial charge in [0.05, 0.1) is 14.2 Å². The highest BCUT2D eigenvalue weighted by Gasteiger charge is 2.20. The van der Waals surface area contributed by atoms with Crippen LogP contribution in [0.15, 0.2) is 12.1 Å². The maximum Gasteiger partial charge on any atom is 0.377 e. The lowest BCUT2D eigenvalue weighted by atomic mass is 10.1. The molecule has 6 nitrogen and oxygen atoms in total. The SMILES string of the molecule is COc1cc(C(=O)C(=O)O)cc(O)c1OC. The molecule has 2 N–H and O–H groups in total. The number of aromatic hydroxyl groups is 1. The highest BCUT2D eigenvalue weighted by atomic mass is 16.5. The Kier molecular flexibility index (Phi) is 3.34. The van der Waals surface area contributed by atoms with Crippen molar-refractivity contribution in [1.82, 2.24) is 0 Å². The summed E-state index contributed by atoms with van der Waals surface area (Å²) < 4.78 is 9.69. The van der Waals surface area contributed by atoms with Crippen LogP contribution < -0.4 is 9.47 Å². The third kappa shape index (κ3) is 2.05. The van der Waals surface area contributed by atoms with Crippen molar-refractivity contribution < 1.29 is 29.3 Å². The predicted molar refractivity (Wildman–Crippen MR) is 53.2 cm³/mol. The monoisotopic (exact) mass is 226 g/mol. The number of phenolic OH excluding ortho intramolecular Hbond substituents is 1. The molecule has 86 valence electrons. The Bertz CT molecular complexity index is 437. The van der Waals surface area contributed by atoms with E-state index in [4.69, 9.17) is 14.6 Å². The van der Waals surface area contributed by atoms with Crippen LogP contribution in [-0.2, 0) is 4.79 Å². The molecule has 1 aromatic rings. The number of hydrogen-bond acceptors (Lipinski definition) is 5. The number of ketones is 1. The Morgan fingerprint density at radius 2 is 1.81 bits per heavy atom. The number of ether oxygens (including phenoxy) is 2. The zero-order valence-corrected chi connectivity index (χ0v) is 8.68. The van der Waals surface area contributed by atoms with E-state index in [0.29, 0.717) is 0 Å². The largest absolute Gasteiger partial charge is 0.504 e. The average Bonchev–Trinajstić information content (AvgIpc) is 2.26. The van der Waals surface area contributed by atoms with Gasteiger partial charge in [0.2, 0.25) is 5.75 Å². The lowest BCUT2D eigenvalue weighted by molar-refractivity contribution is -0.131. The molecule has 0 unspecified atom stereocenters. The second kappa shape index (κ2) is 4.52. The van der Waals surface area contributed by atoms with E-state index in [2.05, 4.69) is 0 Å². The van der Waals surface area contributed by atoms with Gasteiger partial charge in [0.1, 0.15) is 0 Å². The third-order valence-corrected chi connectivity index (χ3v) is 1.92. The zero-order valence-electron chi connectivity index (χ0n) is 8.68. The first-order chi connectivity index (χ1) is 7.51. The van der Waals surface area contributed by atoms with Gasteiger partial charge in [-0.3, -0.25) is 4.79 Å². The summed E-state index contributed by atoms with van der Waals surface area (Å²) in [6.45, 7) is 0. The number of carboxylic acid groups (broad SMARTS) is 1. The number of carbonyl (C=O) groups is 2. The van der Waals surface area contributed by atoms with Crippen LogP contribution >= 0.6 is 0 Å². The van der Waals surface area contributed by atoms with Gasteiger partial charge in [0, 0.05) is 5.56 Å². The van der Waals surface area contributed by atoms with Crippen molar-refractivity contribution in [2.45, 2.75) is 0 Å². The lowest BCUT2D eigenvalue weighted by Crippen LogP contribution is -2.12. The van der Waals surface area contributed by atoms with Gasteiger partial charge in [-0.25, -0.2) is 4.79 Å². The summed E-state index contributed by atoms with van der Waals surface area (Å²) in [5, 5.41) is 18.0. The molecule has 0 saturated heterocycles. The molecule has 0 saturated carbocycles. The van der Waals surface area contributed by atoms with Crippen molar-refractivity contribution >= 4 is 11.8 Å². The molecule has 0 atom stereocenters. The summed E-state index contributed by atoms with van der Waals surface area (Å²) in [5.74, 6) is -2.95. The van der Waals surface area contributed by atoms with Crippen LogP contribution in [0.25, 0.3) is 0 Å². The van der Waals surface area contributed by atoms with Gasteiger partial charge in [0.25, 0.3) is 5.78 Å². The fraction of sp³-hybridized carbons (Fsp3) is 0.200. The van der Waals surface area contributed by atoms with E-state index in [9.17, 15) is 14.7 Å². The molecule has 0 spiro atoms. The highest BCUT2D eigenvalue weighted by molar-refractivity contribution is 6.40. The van der Waals surface area contributed by atoms with Gasteiger partial charge in [0.15, 0.2) is 11.5 Å². The minimum Gasteiger partial charge on any atom is -0.504 e. The Hall–Kier alpha value is -2.24. The molecule has 0 heterocycles. The molecule has 0 aliphatic heterocycles. The third-order valence-electron chi connectivity index (χ3n) is 1.92. The van der Waals surface area contributed by atoms with E-state index in [1.165, 1.54) is 20.3 Å². The fourth-order valence-electron chi connectivity index (χ4n) is 1.20. The van der Waals surface area contributed by atoms with E-state index >= 15 is 0 Å². The van der Waals surface area contributed by atoms with Crippen molar-refractivity contribution in [3.8, 4) is 17.2 Å². The second-order valence-electron chi connectivity index (χ2n) is 2.87. The van der Waals surface area contributed by atoms with Gasteiger partial charge >= 0.3 is 5.97 Å².